The molecule has 2 bridgehead atoms. The van der Waals surface area contributed by atoms with Crippen LogP contribution in [0.4, 0.5) is 0 Å². The zero-order valence-corrected chi connectivity index (χ0v) is 15.8. The van der Waals surface area contributed by atoms with Gasteiger partial charge >= 0.3 is 0 Å². The Morgan fingerprint density at radius 1 is 0.929 bits per heavy atom. The summed E-state index contributed by atoms with van der Waals surface area (Å²) in [5.74, 6) is 2.82. The van der Waals surface area contributed by atoms with E-state index in [1.165, 1.54) is 43.6 Å². The van der Waals surface area contributed by atoms with Crippen LogP contribution in [0.15, 0.2) is 42.5 Å². The van der Waals surface area contributed by atoms with Crippen LogP contribution in [-0.2, 0) is 6.54 Å². The first kappa shape index (κ1) is 15.3. The summed E-state index contributed by atoms with van der Waals surface area (Å²) >= 11 is 0. The van der Waals surface area contributed by atoms with Crippen molar-refractivity contribution in [1.29, 1.82) is 0 Å². The SMILES string of the molecule is c1ccc2[nH]c(-c3ccc4c(c3)nc3n4CC4CC3CN4C3CCC3)nc2c1. The lowest BCUT2D eigenvalue weighted by Crippen LogP contribution is -2.44. The fraction of sp³-hybridized carbons (Fsp3) is 0.391. The summed E-state index contributed by atoms with van der Waals surface area (Å²) in [7, 11) is 0. The second-order valence-corrected chi connectivity index (χ2v) is 8.75. The summed E-state index contributed by atoms with van der Waals surface area (Å²) in [4.78, 5) is 16.1. The smallest absolute Gasteiger partial charge is 0.138 e. The molecule has 1 aliphatic carbocycles. The number of H-pyrrole nitrogens is 1. The minimum atomic E-state index is 0.599. The number of rotatable bonds is 2. The van der Waals surface area contributed by atoms with Gasteiger partial charge in [-0.1, -0.05) is 18.6 Å². The Balaban J connectivity index is 1.29. The predicted octanol–water partition coefficient (Wildman–Crippen LogP) is 4.30. The first-order chi connectivity index (χ1) is 13.8. The number of aromatic amines is 1. The van der Waals surface area contributed by atoms with Crippen LogP contribution in [0.3, 0.4) is 0 Å². The van der Waals surface area contributed by atoms with Gasteiger partial charge in [0.15, 0.2) is 0 Å². The van der Waals surface area contributed by atoms with Gasteiger partial charge in [0.05, 0.1) is 22.1 Å². The van der Waals surface area contributed by atoms with E-state index in [0.29, 0.717) is 12.0 Å². The Bertz CT molecular complexity index is 1180. The van der Waals surface area contributed by atoms with E-state index in [0.717, 1.165) is 40.5 Å². The molecule has 28 heavy (non-hydrogen) atoms. The van der Waals surface area contributed by atoms with Gasteiger partial charge in [0.1, 0.15) is 11.6 Å². The third kappa shape index (κ3) is 2.05. The summed E-state index contributed by atoms with van der Waals surface area (Å²) in [6.07, 6.45) is 5.49. The molecule has 3 aliphatic rings. The van der Waals surface area contributed by atoms with Gasteiger partial charge in [0, 0.05) is 36.7 Å². The van der Waals surface area contributed by atoms with Crippen molar-refractivity contribution in [3.63, 3.8) is 0 Å². The van der Waals surface area contributed by atoms with Gasteiger partial charge in [-0.05, 0) is 49.6 Å². The summed E-state index contributed by atoms with van der Waals surface area (Å²) < 4.78 is 2.50. The highest BCUT2D eigenvalue weighted by Gasteiger charge is 2.44. The van der Waals surface area contributed by atoms with Gasteiger partial charge < -0.3 is 9.55 Å². The fourth-order valence-corrected chi connectivity index (χ4v) is 5.57. The Hall–Kier alpha value is -2.66. The lowest BCUT2D eigenvalue weighted by molar-refractivity contribution is 0.108. The number of likely N-dealkylation sites (tertiary alicyclic amines) is 1. The molecular weight excluding hydrogens is 346 g/mol. The molecule has 1 saturated heterocycles. The highest BCUT2D eigenvalue weighted by Crippen LogP contribution is 2.43. The molecule has 0 radical (unpaired) electrons. The highest BCUT2D eigenvalue weighted by atomic mass is 15.3. The molecule has 0 spiro atoms. The third-order valence-electron chi connectivity index (χ3n) is 7.20. The normalized spacial score (nSPS) is 24.7. The van der Waals surface area contributed by atoms with E-state index >= 15 is 0 Å². The fourth-order valence-electron chi connectivity index (χ4n) is 5.57. The van der Waals surface area contributed by atoms with E-state index in [-0.39, 0.29) is 0 Å². The van der Waals surface area contributed by atoms with Crippen molar-refractivity contribution in [2.24, 2.45) is 0 Å². The molecule has 1 saturated carbocycles. The van der Waals surface area contributed by atoms with Crippen molar-refractivity contribution < 1.29 is 0 Å². The molecule has 5 heteroatoms. The van der Waals surface area contributed by atoms with Crippen molar-refractivity contribution in [2.45, 2.75) is 50.2 Å². The van der Waals surface area contributed by atoms with Crippen LogP contribution in [0, 0.1) is 0 Å². The Labute approximate surface area is 163 Å². The molecule has 140 valence electrons. The number of imidazole rings is 2. The van der Waals surface area contributed by atoms with Crippen LogP contribution in [0.25, 0.3) is 33.5 Å². The average molecular weight is 369 g/mol. The van der Waals surface area contributed by atoms with Crippen molar-refractivity contribution in [2.75, 3.05) is 6.54 Å². The number of benzene rings is 2. The predicted molar refractivity (Wildman–Crippen MR) is 110 cm³/mol. The Kier molecular flexibility index (Phi) is 2.97. The molecule has 1 N–H and O–H groups in total. The van der Waals surface area contributed by atoms with Crippen LogP contribution >= 0.6 is 0 Å². The van der Waals surface area contributed by atoms with Gasteiger partial charge in [0.2, 0.25) is 0 Å². The minimum Gasteiger partial charge on any atom is -0.338 e. The van der Waals surface area contributed by atoms with Gasteiger partial charge in [-0.25, -0.2) is 9.97 Å². The van der Waals surface area contributed by atoms with Gasteiger partial charge in [-0.2, -0.15) is 0 Å². The maximum atomic E-state index is 5.10. The van der Waals surface area contributed by atoms with Crippen LogP contribution in [0.2, 0.25) is 0 Å². The number of hydrogen-bond donors (Lipinski definition) is 1. The first-order valence-electron chi connectivity index (χ1n) is 10.5. The maximum absolute atomic E-state index is 5.10. The minimum absolute atomic E-state index is 0.599. The third-order valence-corrected chi connectivity index (χ3v) is 7.20. The standard InChI is InChI=1S/C23H23N5/c1-2-7-19-18(6-1)24-22(25-19)14-8-9-21-20(11-14)26-23-15-10-17(13-28(21)23)27(12-15)16-4-3-5-16/h1-2,6-9,11,15-17H,3-5,10,12-13H2,(H,24,25). The number of para-hydroxylation sites is 2. The van der Waals surface area contributed by atoms with Crippen LogP contribution in [-0.4, -0.2) is 43.0 Å². The number of nitrogens with one attached hydrogen (secondary N) is 1. The van der Waals surface area contributed by atoms with E-state index in [9.17, 15) is 0 Å². The lowest BCUT2D eigenvalue weighted by atomic mass is 9.91. The summed E-state index contributed by atoms with van der Waals surface area (Å²) in [5.41, 5.74) is 5.58. The number of nitrogens with zero attached hydrogens (tertiary/aromatic N) is 4. The van der Waals surface area contributed by atoms with E-state index < -0.39 is 0 Å². The quantitative estimate of drug-likeness (QED) is 0.573. The molecule has 2 aromatic heterocycles. The average Bonchev–Trinajstić information content (AvgIpc) is 3.35. The molecule has 5 nitrogen and oxygen atoms in total. The van der Waals surface area contributed by atoms with Gasteiger partial charge in [0.25, 0.3) is 0 Å². The molecule has 2 fully saturated rings. The highest BCUT2D eigenvalue weighted by molar-refractivity contribution is 5.84. The molecule has 7 rings (SSSR count). The summed E-state index contributed by atoms with van der Waals surface area (Å²) in [6, 6.07) is 16.4. The monoisotopic (exact) mass is 369 g/mol. The molecule has 2 unspecified atom stereocenters. The number of fused-ring (bicyclic) bond motifs is 7. The molecule has 2 atom stereocenters. The maximum Gasteiger partial charge on any atom is 0.138 e. The summed E-state index contributed by atoms with van der Waals surface area (Å²) in [5, 5.41) is 0. The molecule has 0 amide bonds. The topological polar surface area (TPSA) is 49.7 Å². The molecular formula is C23H23N5. The second-order valence-electron chi connectivity index (χ2n) is 8.75. The number of aromatic nitrogens is 4. The van der Waals surface area contributed by atoms with Crippen molar-refractivity contribution >= 4 is 22.1 Å². The Morgan fingerprint density at radius 3 is 2.71 bits per heavy atom. The van der Waals surface area contributed by atoms with E-state index in [2.05, 4.69) is 38.7 Å². The van der Waals surface area contributed by atoms with Crippen LogP contribution < -0.4 is 0 Å². The zero-order valence-electron chi connectivity index (χ0n) is 15.8. The molecule has 2 aliphatic heterocycles. The van der Waals surface area contributed by atoms with Crippen molar-refractivity contribution in [3.8, 4) is 11.4 Å². The molecule has 4 aromatic rings. The lowest BCUT2D eigenvalue weighted by Gasteiger charge is -2.38. The molecule has 2 aromatic carbocycles. The van der Waals surface area contributed by atoms with E-state index in [4.69, 9.17) is 9.97 Å². The van der Waals surface area contributed by atoms with Crippen molar-refractivity contribution in [1.82, 2.24) is 24.4 Å². The molecule has 4 heterocycles. The van der Waals surface area contributed by atoms with Gasteiger partial charge in [-0.3, -0.25) is 4.90 Å². The van der Waals surface area contributed by atoms with Gasteiger partial charge in [-0.15, -0.1) is 0 Å². The zero-order chi connectivity index (χ0) is 18.2. The summed E-state index contributed by atoms with van der Waals surface area (Å²) in [6.45, 7) is 2.30. The largest absolute Gasteiger partial charge is 0.338 e. The first-order valence-corrected chi connectivity index (χ1v) is 10.5. The van der Waals surface area contributed by atoms with E-state index in [1.807, 2.05) is 18.2 Å². The number of hydrogen-bond acceptors (Lipinski definition) is 3. The van der Waals surface area contributed by atoms with Crippen molar-refractivity contribution in [3.05, 3.63) is 48.3 Å². The second kappa shape index (κ2) is 5.45. The Morgan fingerprint density at radius 2 is 1.86 bits per heavy atom. The van der Waals surface area contributed by atoms with E-state index in [1.54, 1.807) is 0 Å². The van der Waals surface area contributed by atoms with Crippen LogP contribution in [0.1, 0.15) is 37.4 Å². The van der Waals surface area contributed by atoms with Crippen LogP contribution in [0.5, 0.6) is 0 Å².